The molecule has 4 nitrogen and oxygen atoms in total. The standard InChI is InChI=1S/C21H20ClF3N2O2/c22-17-6-3-12(9-16(17)21(23,24)25)15(10-13-4-8-19(28)26-13)18-7-5-14(11-1-2-11)20(29)27-18/h3,5-7,9,11,13,15H,1-2,4,8,10H2,(H,26,28)(H,27,29)/t13-,15?/m1/s1. The summed E-state index contributed by atoms with van der Waals surface area (Å²) in [6.07, 6.45) is -1.23. The van der Waals surface area contributed by atoms with Gasteiger partial charge in [-0.2, -0.15) is 13.2 Å². The number of carbonyl (C=O) groups excluding carboxylic acids is 1. The Hall–Kier alpha value is -2.28. The highest BCUT2D eigenvalue weighted by molar-refractivity contribution is 6.31. The Kier molecular flexibility index (Phi) is 5.19. The fourth-order valence-corrected chi connectivity index (χ4v) is 4.20. The number of H-pyrrole nitrogens is 1. The SMILES string of the molecule is O=C1CC[C@H](CC(c2ccc(Cl)c(C(F)(F)F)c2)c2ccc(C3CC3)c(=O)[nH]2)N1. The minimum Gasteiger partial charge on any atom is -0.353 e. The molecule has 1 aromatic heterocycles. The summed E-state index contributed by atoms with van der Waals surface area (Å²) in [6.45, 7) is 0. The first-order chi connectivity index (χ1) is 13.7. The summed E-state index contributed by atoms with van der Waals surface area (Å²) in [5, 5.41) is 2.49. The molecule has 29 heavy (non-hydrogen) atoms. The molecule has 2 aliphatic rings. The molecule has 1 aliphatic heterocycles. The van der Waals surface area contributed by atoms with Crippen LogP contribution >= 0.6 is 11.6 Å². The number of nitrogens with one attached hydrogen (secondary N) is 2. The predicted molar refractivity (Wildman–Crippen MR) is 103 cm³/mol. The highest BCUT2D eigenvalue weighted by Gasteiger charge is 2.35. The van der Waals surface area contributed by atoms with Crippen molar-refractivity contribution in [2.24, 2.45) is 0 Å². The Balaban J connectivity index is 1.73. The van der Waals surface area contributed by atoms with Crippen LogP contribution in [0, 0.1) is 0 Å². The summed E-state index contributed by atoms with van der Waals surface area (Å²) in [6, 6.07) is 7.20. The van der Waals surface area contributed by atoms with E-state index in [-0.39, 0.29) is 28.4 Å². The van der Waals surface area contributed by atoms with E-state index in [4.69, 9.17) is 11.6 Å². The molecule has 2 aromatic rings. The zero-order valence-corrected chi connectivity index (χ0v) is 16.2. The molecule has 4 rings (SSSR count). The van der Waals surface area contributed by atoms with Crippen LogP contribution in [0.1, 0.15) is 66.3 Å². The lowest BCUT2D eigenvalue weighted by molar-refractivity contribution is -0.137. The third-order valence-corrected chi connectivity index (χ3v) is 5.99. The fraction of sp³-hybridized carbons (Fsp3) is 0.429. The van der Waals surface area contributed by atoms with Gasteiger partial charge in [-0.3, -0.25) is 9.59 Å². The molecule has 1 amide bonds. The average Bonchev–Trinajstić information content (AvgIpc) is 3.41. The van der Waals surface area contributed by atoms with E-state index in [1.54, 1.807) is 18.2 Å². The summed E-state index contributed by atoms with van der Waals surface area (Å²) in [7, 11) is 0. The monoisotopic (exact) mass is 424 g/mol. The van der Waals surface area contributed by atoms with Gasteiger partial charge in [0.05, 0.1) is 10.6 Å². The lowest BCUT2D eigenvalue weighted by Gasteiger charge is -2.23. The van der Waals surface area contributed by atoms with Gasteiger partial charge in [0.15, 0.2) is 0 Å². The van der Waals surface area contributed by atoms with Gasteiger partial charge in [-0.25, -0.2) is 0 Å². The maximum absolute atomic E-state index is 13.4. The van der Waals surface area contributed by atoms with Crippen molar-refractivity contribution in [2.45, 2.75) is 56.2 Å². The van der Waals surface area contributed by atoms with Crippen LogP contribution in [0.4, 0.5) is 13.2 Å². The molecule has 1 aromatic carbocycles. The van der Waals surface area contributed by atoms with E-state index < -0.39 is 17.7 Å². The van der Waals surface area contributed by atoms with Gasteiger partial charge in [0.2, 0.25) is 5.91 Å². The van der Waals surface area contributed by atoms with Gasteiger partial charge < -0.3 is 10.3 Å². The van der Waals surface area contributed by atoms with Gasteiger partial charge in [0.25, 0.3) is 5.56 Å². The molecule has 1 unspecified atom stereocenters. The second-order valence-electron chi connectivity index (χ2n) is 7.80. The quantitative estimate of drug-likeness (QED) is 0.729. The first kappa shape index (κ1) is 20.0. The van der Waals surface area contributed by atoms with Crippen molar-refractivity contribution in [3.05, 3.63) is 68.1 Å². The van der Waals surface area contributed by atoms with Crippen LogP contribution in [0.5, 0.6) is 0 Å². The van der Waals surface area contributed by atoms with E-state index in [0.717, 1.165) is 18.9 Å². The van der Waals surface area contributed by atoms with Crippen molar-refractivity contribution < 1.29 is 18.0 Å². The summed E-state index contributed by atoms with van der Waals surface area (Å²) >= 11 is 5.77. The fourth-order valence-electron chi connectivity index (χ4n) is 3.98. The summed E-state index contributed by atoms with van der Waals surface area (Å²) in [5.74, 6) is -0.302. The summed E-state index contributed by atoms with van der Waals surface area (Å²) in [4.78, 5) is 27.0. The molecule has 1 saturated heterocycles. The molecule has 0 spiro atoms. The minimum absolute atomic E-state index is 0.0709. The number of benzene rings is 1. The number of hydrogen-bond acceptors (Lipinski definition) is 2. The van der Waals surface area contributed by atoms with Crippen molar-refractivity contribution in [1.29, 1.82) is 0 Å². The van der Waals surface area contributed by atoms with Crippen molar-refractivity contribution in [2.75, 3.05) is 0 Å². The maximum atomic E-state index is 13.4. The lowest BCUT2D eigenvalue weighted by Crippen LogP contribution is -2.28. The number of alkyl halides is 3. The van der Waals surface area contributed by atoms with Crippen molar-refractivity contribution >= 4 is 17.5 Å². The first-order valence-electron chi connectivity index (χ1n) is 9.61. The number of aromatic amines is 1. The molecule has 8 heteroatoms. The molecule has 0 bridgehead atoms. The van der Waals surface area contributed by atoms with Crippen molar-refractivity contribution in [3.8, 4) is 0 Å². The van der Waals surface area contributed by atoms with Gasteiger partial charge >= 0.3 is 6.18 Å². The van der Waals surface area contributed by atoms with Crippen LogP contribution in [-0.4, -0.2) is 16.9 Å². The molecule has 2 fully saturated rings. The van der Waals surface area contributed by atoms with E-state index in [2.05, 4.69) is 10.3 Å². The Labute approximate surface area is 170 Å². The van der Waals surface area contributed by atoms with Crippen LogP contribution < -0.4 is 10.9 Å². The van der Waals surface area contributed by atoms with Crippen LogP contribution in [0.2, 0.25) is 5.02 Å². The number of amides is 1. The molecular weight excluding hydrogens is 405 g/mol. The molecule has 2 heterocycles. The number of aromatic nitrogens is 1. The van der Waals surface area contributed by atoms with Gasteiger partial charge in [0, 0.05) is 29.6 Å². The molecular formula is C21H20ClF3N2O2. The Morgan fingerprint density at radius 1 is 1.10 bits per heavy atom. The van der Waals surface area contributed by atoms with Gasteiger partial charge in [-0.05, 0) is 55.4 Å². The minimum atomic E-state index is -4.58. The first-order valence-corrected chi connectivity index (χ1v) is 9.99. The normalized spacial score (nSPS) is 20.6. The topological polar surface area (TPSA) is 62.0 Å². The maximum Gasteiger partial charge on any atom is 0.417 e. The lowest BCUT2D eigenvalue weighted by atomic mass is 9.87. The highest BCUT2D eigenvalue weighted by Crippen LogP contribution is 2.40. The smallest absolute Gasteiger partial charge is 0.353 e. The average molecular weight is 425 g/mol. The van der Waals surface area contributed by atoms with Gasteiger partial charge in [-0.15, -0.1) is 0 Å². The number of pyridine rings is 1. The zero-order valence-electron chi connectivity index (χ0n) is 15.5. The third kappa shape index (κ3) is 4.34. The third-order valence-electron chi connectivity index (χ3n) is 5.66. The molecule has 154 valence electrons. The Morgan fingerprint density at radius 2 is 1.86 bits per heavy atom. The summed E-state index contributed by atoms with van der Waals surface area (Å²) < 4.78 is 40.1. The largest absolute Gasteiger partial charge is 0.417 e. The number of halogens is 4. The van der Waals surface area contributed by atoms with E-state index in [1.807, 2.05) is 0 Å². The van der Waals surface area contributed by atoms with Crippen molar-refractivity contribution in [1.82, 2.24) is 10.3 Å². The van der Waals surface area contributed by atoms with Crippen LogP contribution in [0.25, 0.3) is 0 Å². The number of carbonyl (C=O) groups is 1. The molecule has 1 aliphatic carbocycles. The second-order valence-corrected chi connectivity index (χ2v) is 8.21. The van der Waals surface area contributed by atoms with Gasteiger partial charge in [0.1, 0.15) is 0 Å². The molecule has 2 atom stereocenters. The summed E-state index contributed by atoms with van der Waals surface area (Å²) in [5.41, 5.74) is 0.548. The predicted octanol–water partition coefficient (Wildman–Crippen LogP) is 4.73. The van der Waals surface area contributed by atoms with Crippen LogP contribution in [0.3, 0.4) is 0 Å². The Bertz CT molecular complexity index is 998. The number of rotatable bonds is 5. The van der Waals surface area contributed by atoms with E-state index >= 15 is 0 Å². The molecule has 1 saturated carbocycles. The molecule has 2 N–H and O–H groups in total. The van der Waals surface area contributed by atoms with Gasteiger partial charge in [-0.1, -0.05) is 23.7 Å². The van der Waals surface area contributed by atoms with Crippen molar-refractivity contribution in [3.63, 3.8) is 0 Å². The zero-order chi connectivity index (χ0) is 20.8. The Morgan fingerprint density at radius 3 is 2.45 bits per heavy atom. The molecule has 0 radical (unpaired) electrons. The van der Waals surface area contributed by atoms with E-state index in [1.165, 1.54) is 6.07 Å². The van der Waals surface area contributed by atoms with E-state index in [0.29, 0.717) is 36.1 Å². The van der Waals surface area contributed by atoms with E-state index in [9.17, 15) is 22.8 Å². The second kappa shape index (κ2) is 7.52. The highest BCUT2D eigenvalue weighted by atomic mass is 35.5. The van der Waals surface area contributed by atoms with Crippen LogP contribution in [0.15, 0.2) is 35.1 Å². The number of hydrogen-bond donors (Lipinski definition) is 2. The van der Waals surface area contributed by atoms with Crippen LogP contribution in [-0.2, 0) is 11.0 Å².